The molecule has 13 nitrogen and oxygen atoms in total. The topological polar surface area (TPSA) is 142 Å². The zero-order valence-corrected chi connectivity index (χ0v) is 26.0. The molecule has 1 aromatic carbocycles. The van der Waals surface area contributed by atoms with Crippen molar-refractivity contribution in [1.82, 2.24) is 40.3 Å². The highest BCUT2D eigenvalue weighted by atomic mass is 16.5. The lowest BCUT2D eigenvalue weighted by Gasteiger charge is -2.45. The molecule has 5 saturated heterocycles. The Morgan fingerprint density at radius 1 is 1.02 bits per heavy atom. The lowest BCUT2D eigenvalue weighted by molar-refractivity contribution is -0.141. The number of fused-ring (bicyclic) bond motifs is 7. The Bertz CT molecular complexity index is 1370. The van der Waals surface area contributed by atoms with E-state index in [2.05, 4.69) is 25.8 Å². The zero-order chi connectivity index (χ0) is 31.4. The summed E-state index contributed by atoms with van der Waals surface area (Å²) in [6.07, 6.45) is 6.22. The number of hydrogen-bond donors (Lipinski definition) is 2. The molecule has 0 saturated carbocycles. The number of rotatable bonds is 6. The maximum absolute atomic E-state index is 14.0. The van der Waals surface area contributed by atoms with Gasteiger partial charge in [0.25, 0.3) is 0 Å². The summed E-state index contributed by atoms with van der Waals surface area (Å²) in [5.74, 6) is -0.578. The Hall–Kier alpha value is -3.84. The van der Waals surface area contributed by atoms with Gasteiger partial charge in [-0.05, 0) is 50.6 Å². The van der Waals surface area contributed by atoms with Crippen LogP contribution in [-0.4, -0.2) is 123 Å². The summed E-state index contributed by atoms with van der Waals surface area (Å²) in [4.78, 5) is 60.0. The van der Waals surface area contributed by atoms with Crippen LogP contribution in [0.4, 0.5) is 0 Å². The van der Waals surface area contributed by atoms with Crippen LogP contribution in [0.25, 0.3) is 0 Å². The smallest absolute Gasteiger partial charge is 0.248 e. The number of benzene rings is 1. The maximum atomic E-state index is 14.0. The van der Waals surface area contributed by atoms with Crippen molar-refractivity contribution in [3.8, 4) is 0 Å². The number of amides is 4. The van der Waals surface area contributed by atoms with Crippen molar-refractivity contribution in [2.75, 3.05) is 46.4 Å². The van der Waals surface area contributed by atoms with Gasteiger partial charge < -0.3 is 25.2 Å². The van der Waals surface area contributed by atoms with Crippen molar-refractivity contribution in [1.29, 1.82) is 0 Å². The lowest BCUT2D eigenvalue weighted by Crippen LogP contribution is -2.63. The van der Waals surface area contributed by atoms with Gasteiger partial charge in [-0.25, -0.2) is 4.68 Å². The van der Waals surface area contributed by atoms with Gasteiger partial charge in [-0.15, -0.1) is 5.10 Å². The van der Waals surface area contributed by atoms with E-state index in [1.165, 1.54) is 7.11 Å². The molecule has 5 fully saturated rings. The Labute approximate surface area is 263 Å². The number of methoxy groups -OCH3 is 1. The predicted molar refractivity (Wildman–Crippen MR) is 164 cm³/mol. The molecule has 5 aliphatic heterocycles. The van der Waals surface area contributed by atoms with Gasteiger partial charge in [-0.2, -0.15) is 0 Å². The van der Waals surface area contributed by atoms with E-state index in [-0.39, 0.29) is 55.2 Å². The number of carbonyl (C=O) groups is 4. The molecule has 2 bridgehead atoms. The predicted octanol–water partition coefficient (Wildman–Crippen LogP) is 0.337. The fourth-order valence-corrected chi connectivity index (χ4v) is 7.48. The molecule has 1 aromatic heterocycles. The maximum Gasteiger partial charge on any atom is 0.248 e. The van der Waals surface area contributed by atoms with Gasteiger partial charge in [0.1, 0.15) is 12.6 Å². The third kappa shape index (κ3) is 7.19. The molecule has 0 unspecified atom stereocenters. The Kier molecular flexibility index (Phi) is 9.45. The van der Waals surface area contributed by atoms with E-state index < -0.39 is 11.6 Å². The van der Waals surface area contributed by atoms with Gasteiger partial charge in [0.2, 0.25) is 23.6 Å². The quantitative estimate of drug-likeness (QED) is 0.471. The van der Waals surface area contributed by atoms with Gasteiger partial charge >= 0.3 is 0 Å². The molecule has 6 heterocycles. The molecule has 1 spiro atoms. The van der Waals surface area contributed by atoms with Crippen molar-refractivity contribution < 1.29 is 23.9 Å². The van der Waals surface area contributed by atoms with Gasteiger partial charge in [0.15, 0.2) is 0 Å². The summed E-state index contributed by atoms with van der Waals surface area (Å²) >= 11 is 0. The molecule has 4 amide bonds. The minimum atomic E-state index is -0.824. The van der Waals surface area contributed by atoms with E-state index in [1.54, 1.807) is 9.58 Å². The number of hydrogen-bond acceptors (Lipinski definition) is 8. The van der Waals surface area contributed by atoms with Crippen LogP contribution in [0.15, 0.2) is 36.5 Å². The van der Waals surface area contributed by atoms with Crippen LogP contribution in [0.1, 0.15) is 56.2 Å². The highest BCUT2D eigenvalue weighted by Crippen LogP contribution is 2.31. The molecule has 242 valence electrons. The number of nitrogens with one attached hydrogen (secondary N) is 2. The summed E-state index contributed by atoms with van der Waals surface area (Å²) < 4.78 is 6.78. The summed E-state index contributed by atoms with van der Waals surface area (Å²) in [5.41, 5.74) is 0.880. The minimum absolute atomic E-state index is 0.00543. The first-order valence-electron chi connectivity index (χ1n) is 16.2. The van der Waals surface area contributed by atoms with E-state index in [0.717, 1.165) is 37.8 Å². The van der Waals surface area contributed by atoms with E-state index in [4.69, 9.17) is 4.74 Å². The van der Waals surface area contributed by atoms with Crippen molar-refractivity contribution >= 4 is 23.6 Å². The molecule has 0 aliphatic carbocycles. The van der Waals surface area contributed by atoms with Crippen LogP contribution in [0.2, 0.25) is 0 Å². The number of likely N-dealkylation sites (tertiary alicyclic amines) is 1. The first-order valence-corrected chi connectivity index (χ1v) is 16.2. The molecule has 0 radical (unpaired) electrons. The number of ether oxygens (including phenoxy) is 1. The molecule has 45 heavy (non-hydrogen) atoms. The van der Waals surface area contributed by atoms with Crippen molar-refractivity contribution in [2.24, 2.45) is 0 Å². The van der Waals surface area contributed by atoms with Gasteiger partial charge in [-0.1, -0.05) is 35.5 Å². The molecule has 5 aliphatic rings. The van der Waals surface area contributed by atoms with Crippen LogP contribution >= 0.6 is 0 Å². The average molecular weight is 621 g/mol. The van der Waals surface area contributed by atoms with Crippen LogP contribution in [-0.2, 0) is 36.9 Å². The fraction of sp³-hybridized carbons (Fsp3) is 0.625. The number of aromatic nitrogens is 3. The first kappa shape index (κ1) is 31.2. The molecule has 2 atom stereocenters. The third-order valence-corrected chi connectivity index (χ3v) is 9.89. The minimum Gasteiger partial charge on any atom is -0.375 e. The largest absolute Gasteiger partial charge is 0.375 e. The fourth-order valence-electron chi connectivity index (χ4n) is 7.48. The molecule has 13 heteroatoms. The Balaban J connectivity index is 1.23. The average Bonchev–Trinajstić information content (AvgIpc) is 3.71. The summed E-state index contributed by atoms with van der Waals surface area (Å²) in [7, 11) is 1.49. The summed E-state index contributed by atoms with van der Waals surface area (Å²) in [6, 6.07) is 9.11. The first-order chi connectivity index (χ1) is 21.8. The van der Waals surface area contributed by atoms with Gasteiger partial charge in [0.05, 0.1) is 23.8 Å². The summed E-state index contributed by atoms with van der Waals surface area (Å²) in [5, 5.41) is 14.9. The second-order valence-corrected chi connectivity index (χ2v) is 12.9. The summed E-state index contributed by atoms with van der Waals surface area (Å²) in [6.45, 7) is 3.38. The highest BCUT2D eigenvalue weighted by molar-refractivity contribution is 5.89. The van der Waals surface area contributed by atoms with Crippen molar-refractivity contribution in [3.05, 3.63) is 47.8 Å². The molecular weight excluding hydrogens is 576 g/mol. The lowest BCUT2D eigenvalue weighted by atomic mass is 9.83. The number of piperidine rings is 2. The van der Waals surface area contributed by atoms with Crippen LogP contribution in [0.3, 0.4) is 0 Å². The normalized spacial score (nSPS) is 24.8. The molecule has 2 N–H and O–H groups in total. The van der Waals surface area contributed by atoms with Gasteiger partial charge in [-0.3, -0.25) is 24.1 Å². The van der Waals surface area contributed by atoms with E-state index >= 15 is 0 Å². The van der Waals surface area contributed by atoms with Crippen molar-refractivity contribution in [2.45, 2.75) is 81.6 Å². The van der Waals surface area contributed by atoms with Crippen LogP contribution in [0, 0.1) is 0 Å². The third-order valence-electron chi connectivity index (χ3n) is 9.89. The van der Waals surface area contributed by atoms with E-state index in [9.17, 15) is 19.2 Å². The zero-order valence-electron chi connectivity index (χ0n) is 26.0. The van der Waals surface area contributed by atoms with E-state index in [1.807, 2.05) is 41.4 Å². The van der Waals surface area contributed by atoms with Crippen LogP contribution in [0.5, 0.6) is 0 Å². The van der Waals surface area contributed by atoms with Gasteiger partial charge in [0, 0.05) is 58.4 Å². The number of carbonyl (C=O) groups excluding carboxylic acids is 4. The second-order valence-electron chi connectivity index (χ2n) is 12.9. The highest BCUT2D eigenvalue weighted by Gasteiger charge is 2.44. The molecule has 7 rings (SSSR count). The van der Waals surface area contributed by atoms with Crippen molar-refractivity contribution in [3.63, 3.8) is 0 Å². The molecule has 2 aromatic rings. The Morgan fingerprint density at radius 2 is 1.78 bits per heavy atom. The second kappa shape index (κ2) is 13.7. The van der Waals surface area contributed by atoms with Crippen LogP contribution < -0.4 is 10.6 Å². The number of nitrogens with zero attached hydrogens (tertiary/aromatic N) is 6. The SMILES string of the molecule is COCC(=O)N1CCC2(CC1)CC(=O)N[C@H](Cc1cn(Cc3ccccc3)nn1)C(=O)N1CCC(CC1)N1CCC[C@H]1C(=O)N2. The van der Waals surface area contributed by atoms with E-state index in [0.29, 0.717) is 51.3 Å². The Morgan fingerprint density at radius 3 is 2.51 bits per heavy atom. The monoisotopic (exact) mass is 620 g/mol. The standard InChI is InChI=1S/C32H44N8O5/c1-45-22-29(42)37-16-11-32(12-17-37)19-28(41)33-26(18-24-21-39(36-35-24)20-23-6-3-2-4-7-23)31(44)38-14-9-25(10-15-38)40-13-5-8-27(40)30(43)34-32/h2-4,6-7,21,25-27H,5,8-20,22H2,1H3,(H,33,41)(H,34,43)/t26-,27+/m1/s1. The molecular formula is C32H44N8O5.